The Morgan fingerprint density at radius 2 is 2.30 bits per heavy atom. The van der Waals surface area contributed by atoms with E-state index < -0.39 is 0 Å². The van der Waals surface area contributed by atoms with Crippen molar-refractivity contribution < 1.29 is 4.74 Å². The molecule has 1 atom stereocenters. The molecule has 1 aromatic carbocycles. The molecule has 108 valence electrons. The zero-order valence-electron chi connectivity index (χ0n) is 11.6. The molecule has 2 aromatic rings. The van der Waals surface area contributed by atoms with E-state index >= 15 is 0 Å². The quantitative estimate of drug-likeness (QED) is 0.855. The molecule has 0 aliphatic carbocycles. The Labute approximate surface area is 122 Å². The SMILES string of the molecule is COCC(C)CNCc1nc2cc(Cl)ccc2c(=O)[nH]1. The van der Waals surface area contributed by atoms with Gasteiger partial charge in [-0.1, -0.05) is 18.5 Å². The van der Waals surface area contributed by atoms with Gasteiger partial charge in [-0.3, -0.25) is 4.79 Å². The van der Waals surface area contributed by atoms with Crippen LogP contribution in [-0.2, 0) is 11.3 Å². The molecular weight excluding hydrogens is 278 g/mol. The first kappa shape index (κ1) is 15.0. The third kappa shape index (κ3) is 3.79. The summed E-state index contributed by atoms with van der Waals surface area (Å²) in [5.41, 5.74) is 0.469. The highest BCUT2D eigenvalue weighted by Crippen LogP contribution is 2.14. The van der Waals surface area contributed by atoms with Gasteiger partial charge >= 0.3 is 0 Å². The first-order valence-electron chi connectivity index (χ1n) is 6.48. The van der Waals surface area contributed by atoms with Gasteiger partial charge in [0.1, 0.15) is 5.82 Å². The van der Waals surface area contributed by atoms with E-state index in [1.165, 1.54) is 0 Å². The summed E-state index contributed by atoms with van der Waals surface area (Å²) < 4.78 is 5.07. The van der Waals surface area contributed by atoms with Gasteiger partial charge in [-0.25, -0.2) is 4.98 Å². The molecule has 0 fully saturated rings. The summed E-state index contributed by atoms with van der Waals surface area (Å²) >= 11 is 5.92. The number of fused-ring (bicyclic) bond motifs is 1. The zero-order chi connectivity index (χ0) is 14.5. The van der Waals surface area contributed by atoms with E-state index in [0.29, 0.717) is 40.8 Å². The number of methoxy groups -OCH3 is 1. The molecule has 0 aliphatic heterocycles. The van der Waals surface area contributed by atoms with Crippen molar-refractivity contribution in [2.24, 2.45) is 5.92 Å². The van der Waals surface area contributed by atoms with Crippen molar-refractivity contribution in [3.63, 3.8) is 0 Å². The van der Waals surface area contributed by atoms with Crippen LogP contribution < -0.4 is 10.9 Å². The number of hydrogen-bond donors (Lipinski definition) is 2. The Morgan fingerprint density at radius 3 is 3.05 bits per heavy atom. The predicted octanol–water partition coefficient (Wildman–Crippen LogP) is 1.95. The molecule has 0 saturated carbocycles. The lowest BCUT2D eigenvalue weighted by atomic mass is 10.2. The normalized spacial score (nSPS) is 12.8. The molecule has 1 aromatic heterocycles. The van der Waals surface area contributed by atoms with Crippen molar-refractivity contribution in [1.29, 1.82) is 0 Å². The van der Waals surface area contributed by atoms with Crippen LogP contribution in [0.4, 0.5) is 0 Å². The number of H-pyrrole nitrogens is 1. The van der Waals surface area contributed by atoms with E-state index in [4.69, 9.17) is 16.3 Å². The highest BCUT2D eigenvalue weighted by Gasteiger charge is 2.05. The average molecular weight is 296 g/mol. The maximum atomic E-state index is 11.9. The minimum Gasteiger partial charge on any atom is -0.384 e. The molecule has 0 radical (unpaired) electrons. The molecule has 0 bridgehead atoms. The summed E-state index contributed by atoms with van der Waals surface area (Å²) in [6.45, 7) is 4.09. The minimum atomic E-state index is -0.145. The van der Waals surface area contributed by atoms with Crippen molar-refractivity contribution in [3.8, 4) is 0 Å². The second-order valence-electron chi connectivity index (χ2n) is 4.87. The fourth-order valence-corrected chi connectivity index (χ4v) is 2.19. The fraction of sp³-hybridized carbons (Fsp3) is 0.429. The maximum Gasteiger partial charge on any atom is 0.258 e. The van der Waals surface area contributed by atoms with Crippen LogP contribution in [0.15, 0.2) is 23.0 Å². The molecule has 0 amide bonds. The van der Waals surface area contributed by atoms with Gasteiger partial charge < -0.3 is 15.0 Å². The monoisotopic (exact) mass is 295 g/mol. The van der Waals surface area contributed by atoms with E-state index in [0.717, 1.165) is 6.54 Å². The molecule has 20 heavy (non-hydrogen) atoms. The number of rotatable bonds is 6. The molecule has 1 heterocycles. The van der Waals surface area contributed by atoms with E-state index in [9.17, 15) is 4.79 Å². The Kier molecular flexibility index (Phi) is 5.11. The standard InChI is InChI=1S/C14H18ClN3O2/c1-9(8-20-2)6-16-7-13-17-12-5-10(15)3-4-11(12)14(19)18-13/h3-5,9,16H,6-8H2,1-2H3,(H,17,18,19). The van der Waals surface area contributed by atoms with Gasteiger partial charge in [-0.2, -0.15) is 0 Å². The second kappa shape index (κ2) is 6.83. The molecular formula is C14H18ClN3O2. The predicted molar refractivity (Wildman–Crippen MR) is 80.1 cm³/mol. The maximum absolute atomic E-state index is 11.9. The van der Waals surface area contributed by atoms with Gasteiger partial charge in [0.05, 0.1) is 17.4 Å². The second-order valence-corrected chi connectivity index (χ2v) is 5.30. The number of nitrogens with one attached hydrogen (secondary N) is 2. The summed E-state index contributed by atoms with van der Waals surface area (Å²) in [5.74, 6) is 1.01. The number of nitrogens with zero attached hydrogens (tertiary/aromatic N) is 1. The number of aromatic amines is 1. The Bertz CT molecular complexity index is 642. The van der Waals surface area contributed by atoms with E-state index in [1.54, 1.807) is 25.3 Å². The smallest absolute Gasteiger partial charge is 0.258 e. The number of hydrogen-bond acceptors (Lipinski definition) is 4. The Morgan fingerprint density at radius 1 is 1.50 bits per heavy atom. The van der Waals surface area contributed by atoms with Gasteiger partial charge in [-0.15, -0.1) is 0 Å². The lowest BCUT2D eigenvalue weighted by molar-refractivity contribution is 0.158. The molecule has 6 heteroatoms. The molecule has 0 spiro atoms. The summed E-state index contributed by atoms with van der Waals surface area (Å²) in [6.07, 6.45) is 0. The third-order valence-electron chi connectivity index (χ3n) is 2.95. The van der Waals surface area contributed by atoms with Gasteiger partial charge in [-0.05, 0) is 24.1 Å². The summed E-state index contributed by atoms with van der Waals surface area (Å²) in [6, 6.07) is 5.07. The first-order chi connectivity index (χ1) is 9.60. The van der Waals surface area contributed by atoms with E-state index in [2.05, 4.69) is 22.2 Å². The largest absolute Gasteiger partial charge is 0.384 e. The van der Waals surface area contributed by atoms with E-state index in [1.807, 2.05) is 0 Å². The fourth-order valence-electron chi connectivity index (χ4n) is 2.03. The van der Waals surface area contributed by atoms with Crippen molar-refractivity contribution in [2.75, 3.05) is 20.3 Å². The van der Waals surface area contributed by atoms with Gasteiger partial charge in [0.25, 0.3) is 5.56 Å². The number of halogens is 1. The third-order valence-corrected chi connectivity index (χ3v) is 3.19. The van der Waals surface area contributed by atoms with Crippen molar-refractivity contribution in [3.05, 3.63) is 39.4 Å². The van der Waals surface area contributed by atoms with Crippen molar-refractivity contribution in [2.45, 2.75) is 13.5 Å². The molecule has 1 unspecified atom stereocenters. The van der Waals surface area contributed by atoms with Crippen LogP contribution in [0.5, 0.6) is 0 Å². The Balaban J connectivity index is 2.09. The molecule has 5 nitrogen and oxygen atoms in total. The highest BCUT2D eigenvalue weighted by molar-refractivity contribution is 6.31. The minimum absolute atomic E-state index is 0.145. The van der Waals surface area contributed by atoms with Gasteiger partial charge in [0.2, 0.25) is 0 Å². The van der Waals surface area contributed by atoms with Gasteiger partial charge in [0, 0.05) is 25.3 Å². The van der Waals surface area contributed by atoms with Crippen LogP contribution >= 0.6 is 11.6 Å². The van der Waals surface area contributed by atoms with Crippen LogP contribution in [0.1, 0.15) is 12.7 Å². The van der Waals surface area contributed by atoms with Crippen LogP contribution in [0, 0.1) is 5.92 Å². The van der Waals surface area contributed by atoms with Crippen molar-refractivity contribution in [1.82, 2.24) is 15.3 Å². The zero-order valence-corrected chi connectivity index (χ0v) is 12.3. The van der Waals surface area contributed by atoms with E-state index in [-0.39, 0.29) is 5.56 Å². The molecule has 2 N–H and O–H groups in total. The molecule has 0 aliphatic rings. The highest BCUT2D eigenvalue weighted by atomic mass is 35.5. The number of ether oxygens (including phenoxy) is 1. The summed E-state index contributed by atoms with van der Waals surface area (Å²) in [7, 11) is 1.68. The lowest BCUT2D eigenvalue weighted by Gasteiger charge is -2.11. The molecule has 2 rings (SSSR count). The average Bonchev–Trinajstić information content (AvgIpc) is 2.38. The van der Waals surface area contributed by atoms with Crippen molar-refractivity contribution >= 4 is 22.5 Å². The molecule has 0 saturated heterocycles. The number of aromatic nitrogens is 2. The summed E-state index contributed by atoms with van der Waals surface area (Å²) in [4.78, 5) is 19.1. The Hall–Kier alpha value is -1.43. The van der Waals surface area contributed by atoms with Gasteiger partial charge in [0.15, 0.2) is 0 Å². The summed E-state index contributed by atoms with van der Waals surface area (Å²) in [5, 5.41) is 4.37. The van der Waals surface area contributed by atoms with Crippen LogP contribution in [0.2, 0.25) is 5.02 Å². The van der Waals surface area contributed by atoms with Crippen LogP contribution in [0.25, 0.3) is 10.9 Å². The lowest BCUT2D eigenvalue weighted by Crippen LogP contribution is -2.25. The number of benzene rings is 1. The topological polar surface area (TPSA) is 67.0 Å². The van der Waals surface area contributed by atoms with Crippen LogP contribution in [0.3, 0.4) is 0 Å². The van der Waals surface area contributed by atoms with Crippen LogP contribution in [-0.4, -0.2) is 30.2 Å². The first-order valence-corrected chi connectivity index (χ1v) is 6.86.